The van der Waals surface area contributed by atoms with Gasteiger partial charge in [-0.1, -0.05) is 460 Å². The zero-order valence-corrected chi connectivity index (χ0v) is 77.5. The summed E-state index contributed by atoms with van der Waals surface area (Å²) >= 11 is 0. The maximum Gasteiger partial charge on any atom is 0.0261 e. The number of hydrogen-bond donors (Lipinski definition) is 0. The van der Waals surface area contributed by atoms with E-state index in [1.54, 1.807) is 59.8 Å². The molecule has 0 aliphatic heterocycles. The molecule has 0 nitrogen and oxygen atoms in total. The highest BCUT2D eigenvalue weighted by molar-refractivity contribution is 6.61. The Hall–Kier alpha value is -6.68. The summed E-state index contributed by atoms with van der Waals surface area (Å²) in [6, 6.07) is 42.6. The largest absolute Gasteiger partial charge is 0.0654 e. The van der Waals surface area contributed by atoms with Gasteiger partial charge < -0.3 is 0 Å². The minimum absolute atomic E-state index is 1.12. The lowest BCUT2D eigenvalue weighted by atomic mass is 9.72. The summed E-state index contributed by atoms with van der Waals surface area (Å²) < 4.78 is 0. The smallest absolute Gasteiger partial charge is 0.0261 e. The van der Waals surface area contributed by atoms with Crippen LogP contribution in [0.5, 0.6) is 0 Å². The molecule has 0 saturated carbocycles. The van der Waals surface area contributed by atoms with Crippen molar-refractivity contribution in [1.29, 1.82) is 0 Å². The monoisotopic (exact) mass is 1600 g/mol. The van der Waals surface area contributed by atoms with Crippen LogP contribution in [0.1, 0.15) is 458 Å². The van der Waals surface area contributed by atoms with Crippen LogP contribution >= 0.6 is 0 Å². The molecule has 0 spiro atoms. The van der Waals surface area contributed by atoms with Gasteiger partial charge in [0.15, 0.2) is 0 Å². The van der Waals surface area contributed by atoms with Crippen molar-refractivity contribution in [2.45, 2.75) is 452 Å². The molecule has 0 fully saturated rings. The first-order valence-electron chi connectivity index (χ1n) is 52.4. The standard InChI is InChI=1S/C120H162/c1-7-13-19-25-31-37-42-48-54-60-66-91-77-97-99-79-92(67-61-55-49-43-38-32-26-20-14-8-2)81-101-103-83-94(69-63-57-51-45-40-34-28-22-16-10-4)85-105-107-87-96(76-75-90-73-71-89(72-74-90)65-59-53-47-36-30-24-18-12-6)88-108-106-86-95(70-64-58-52-46-41-35-29-23-17-11-5)84-104-102-82-93(68-62-56-50-44-39-33-27-21-15-9-3)80-100-98(78-91)109(97)115-116(110(99)101)118(112(103)105)120(114(107)108)119(113(104)106)117(115)111(100)102/h71-74,77-88H,7-70H2,1-6H3. The highest BCUT2D eigenvalue weighted by Gasteiger charge is 2.33. The molecule has 0 heteroatoms. The van der Waals surface area contributed by atoms with Gasteiger partial charge in [-0.2, -0.15) is 0 Å². The van der Waals surface area contributed by atoms with Crippen molar-refractivity contribution in [3.63, 3.8) is 0 Å². The van der Waals surface area contributed by atoms with E-state index in [1.807, 2.05) is 0 Å². The van der Waals surface area contributed by atoms with Gasteiger partial charge in [0.25, 0.3) is 0 Å². The van der Waals surface area contributed by atoms with E-state index in [-0.39, 0.29) is 0 Å². The second-order valence-electron chi connectivity index (χ2n) is 39.4. The maximum absolute atomic E-state index is 4.01. The fourth-order valence-corrected chi connectivity index (χ4v) is 22.8. The Morgan fingerprint density at radius 2 is 0.275 bits per heavy atom. The predicted octanol–water partition coefficient (Wildman–Crippen LogP) is 39.6. The Balaban J connectivity index is 0.975. The first-order chi connectivity index (χ1) is 59.4. The van der Waals surface area contributed by atoms with Gasteiger partial charge in [0, 0.05) is 11.1 Å². The van der Waals surface area contributed by atoms with Crippen LogP contribution in [0.15, 0.2) is 97.1 Å². The fraction of sp³-hybridized carbons (Fsp3) is 0.583. The summed E-state index contributed by atoms with van der Waals surface area (Å²) in [5.74, 6) is 7.89. The van der Waals surface area contributed by atoms with E-state index in [9.17, 15) is 0 Å². The van der Waals surface area contributed by atoms with Gasteiger partial charge in [-0.05, 0) is 264 Å². The van der Waals surface area contributed by atoms with Crippen LogP contribution in [0, 0.1) is 11.8 Å². The van der Waals surface area contributed by atoms with Crippen LogP contribution in [0.2, 0.25) is 0 Å². The molecule has 0 aliphatic rings. The molecule has 120 heavy (non-hydrogen) atoms. The van der Waals surface area contributed by atoms with Crippen LogP contribution in [0.25, 0.3) is 129 Å². The second-order valence-corrected chi connectivity index (χ2v) is 39.4. The van der Waals surface area contributed by atoms with Crippen molar-refractivity contribution >= 4 is 129 Å². The van der Waals surface area contributed by atoms with Gasteiger partial charge in [0.1, 0.15) is 0 Å². The minimum Gasteiger partial charge on any atom is -0.0654 e. The lowest BCUT2D eigenvalue weighted by Crippen LogP contribution is -2.03. The zero-order valence-electron chi connectivity index (χ0n) is 77.5. The predicted molar refractivity (Wildman–Crippen MR) is 540 cm³/mol. The van der Waals surface area contributed by atoms with E-state index < -0.39 is 0 Å². The minimum atomic E-state index is 1.12. The van der Waals surface area contributed by atoms with E-state index in [4.69, 9.17) is 0 Å². The van der Waals surface area contributed by atoms with Gasteiger partial charge in [0.2, 0.25) is 0 Å². The third-order valence-corrected chi connectivity index (χ3v) is 29.6. The molecule has 0 unspecified atom stereocenters. The summed E-state index contributed by atoms with van der Waals surface area (Å²) in [5.41, 5.74) is 11.5. The molecule has 0 N–H and O–H groups in total. The highest BCUT2D eigenvalue weighted by Crippen LogP contribution is 2.61. The molecular weight excluding hydrogens is 1440 g/mol. The van der Waals surface area contributed by atoms with Crippen molar-refractivity contribution in [2.24, 2.45) is 0 Å². The first kappa shape index (κ1) is 89.6. The van der Waals surface area contributed by atoms with E-state index in [1.165, 1.54) is 475 Å². The second kappa shape index (κ2) is 47.4. The average Bonchev–Trinajstić information content (AvgIpc) is 0.642. The lowest BCUT2D eigenvalue weighted by molar-refractivity contribution is 0.556. The third kappa shape index (κ3) is 22.3. The van der Waals surface area contributed by atoms with Crippen LogP contribution in [0.4, 0.5) is 0 Å². The number of unbranched alkanes of at least 4 members (excludes halogenated alkanes) is 52. The Kier molecular flexibility index (Phi) is 35.4. The van der Waals surface area contributed by atoms with Gasteiger partial charge in [0.05, 0.1) is 0 Å². The van der Waals surface area contributed by atoms with Crippen LogP contribution in [-0.2, 0) is 38.5 Å². The van der Waals surface area contributed by atoms with Crippen LogP contribution in [-0.4, -0.2) is 0 Å². The first-order valence-corrected chi connectivity index (χ1v) is 52.4. The summed E-state index contributed by atoms with van der Waals surface area (Å²) in [5, 5.41) is 36.5. The third-order valence-electron chi connectivity index (χ3n) is 29.6. The summed E-state index contributed by atoms with van der Waals surface area (Å²) in [4.78, 5) is 0. The molecule has 14 rings (SSSR count). The van der Waals surface area contributed by atoms with Crippen molar-refractivity contribution in [1.82, 2.24) is 0 Å². The Morgan fingerprint density at radius 3 is 0.450 bits per heavy atom. The molecule has 14 aromatic carbocycles. The van der Waals surface area contributed by atoms with Crippen molar-refractivity contribution in [2.75, 3.05) is 0 Å². The Labute approximate surface area is 730 Å². The topological polar surface area (TPSA) is 0 Å². The Morgan fingerprint density at radius 1 is 0.133 bits per heavy atom. The normalized spacial score (nSPS) is 12.5. The number of benzene rings is 14. The van der Waals surface area contributed by atoms with E-state index >= 15 is 0 Å². The van der Waals surface area contributed by atoms with E-state index in [2.05, 4.69) is 150 Å². The molecule has 0 bridgehead atoms. The molecule has 642 valence electrons. The van der Waals surface area contributed by atoms with Crippen LogP contribution in [0.3, 0.4) is 0 Å². The quantitative estimate of drug-likeness (QED) is 0.0154. The Bertz CT molecular complexity index is 5090. The molecule has 0 aromatic heterocycles. The van der Waals surface area contributed by atoms with E-state index in [0.29, 0.717) is 0 Å². The van der Waals surface area contributed by atoms with Crippen molar-refractivity contribution < 1.29 is 0 Å². The highest BCUT2D eigenvalue weighted by atomic mass is 14.4. The molecule has 0 saturated heterocycles. The molecular formula is C120H162. The van der Waals surface area contributed by atoms with Crippen molar-refractivity contribution in [3.05, 3.63) is 142 Å². The van der Waals surface area contributed by atoms with Crippen molar-refractivity contribution in [3.8, 4) is 11.8 Å². The maximum atomic E-state index is 4.01. The fourth-order valence-electron chi connectivity index (χ4n) is 22.8. The zero-order chi connectivity index (χ0) is 82.5. The van der Waals surface area contributed by atoms with Gasteiger partial charge in [-0.3, -0.25) is 0 Å². The summed E-state index contributed by atoms with van der Waals surface area (Å²) in [6.07, 6.45) is 85.8. The SMILES string of the molecule is CCCCCCCCCCCCc1cc2c3cc(C#Cc4ccc(CCCCCCCCCC)cc4)cc4c5cc(CCCCCCCCCCCC)cc6c7cc(CCCCCCCCCCCC)cc8c9cc(CCCCCCCCCCCC)cc%10c%11cc(CCCCCCCCCCCC)cc%12c(c1)c2c1c(c34)c(c56)c(c78)c(c%109)c1c%12%11. The molecule has 0 aliphatic carbocycles. The number of hydrogen-bond acceptors (Lipinski definition) is 0. The van der Waals surface area contributed by atoms with Gasteiger partial charge >= 0.3 is 0 Å². The average molecular weight is 1600 g/mol. The number of fused-ring (bicyclic) bond motifs is 6. The summed E-state index contributed by atoms with van der Waals surface area (Å²) in [6.45, 7) is 14.1. The number of rotatable bonds is 64. The molecule has 0 heterocycles. The molecule has 14 aromatic rings. The lowest BCUT2D eigenvalue weighted by Gasteiger charge is -2.30. The molecule has 0 radical (unpaired) electrons. The van der Waals surface area contributed by atoms with Gasteiger partial charge in [-0.25, -0.2) is 0 Å². The summed E-state index contributed by atoms with van der Waals surface area (Å²) in [7, 11) is 0. The number of aryl methyl sites for hydroxylation is 6. The molecule has 0 amide bonds. The van der Waals surface area contributed by atoms with E-state index in [0.717, 1.165) is 49.7 Å². The molecule has 0 atom stereocenters. The van der Waals surface area contributed by atoms with Crippen LogP contribution < -0.4 is 0 Å². The van der Waals surface area contributed by atoms with Gasteiger partial charge in [-0.15, -0.1) is 0 Å².